The lowest BCUT2D eigenvalue weighted by Gasteiger charge is -2.13. The molecule has 24 heavy (non-hydrogen) atoms. The molecule has 4 nitrogen and oxygen atoms in total. The number of carbonyl (C=O) groups is 1. The fourth-order valence-corrected chi connectivity index (χ4v) is 2.49. The van der Waals surface area contributed by atoms with Crippen LogP contribution in [0.3, 0.4) is 0 Å². The van der Waals surface area contributed by atoms with Crippen LogP contribution in [-0.2, 0) is 0 Å². The van der Waals surface area contributed by atoms with Crippen molar-refractivity contribution in [3.63, 3.8) is 0 Å². The van der Waals surface area contributed by atoms with Crippen molar-refractivity contribution in [2.75, 3.05) is 17.7 Å². The fraction of sp³-hybridized carbons (Fsp3) is 0.0500. The van der Waals surface area contributed by atoms with Gasteiger partial charge in [-0.3, -0.25) is 0 Å². The van der Waals surface area contributed by atoms with Crippen molar-refractivity contribution >= 4 is 17.4 Å². The number of carbonyl (C=O) groups excluding carboxylic acids is 1. The molecule has 2 amide bonds. The molecule has 3 rings (SSSR count). The molecule has 0 bridgehead atoms. The van der Waals surface area contributed by atoms with Gasteiger partial charge in [0.15, 0.2) is 0 Å². The van der Waals surface area contributed by atoms with E-state index in [1.165, 1.54) is 0 Å². The minimum atomic E-state index is -0.317. The van der Waals surface area contributed by atoms with E-state index < -0.39 is 0 Å². The zero-order valence-corrected chi connectivity index (χ0v) is 13.3. The van der Waals surface area contributed by atoms with Crippen molar-refractivity contribution in [2.24, 2.45) is 0 Å². The van der Waals surface area contributed by atoms with E-state index in [0.717, 1.165) is 16.8 Å². The van der Waals surface area contributed by atoms with E-state index in [1.807, 2.05) is 66.7 Å². The lowest BCUT2D eigenvalue weighted by atomic mass is 10.0. The predicted octanol–water partition coefficient (Wildman–Crippen LogP) is 5.01. The van der Waals surface area contributed by atoms with Crippen molar-refractivity contribution < 1.29 is 9.53 Å². The second-order valence-electron chi connectivity index (χ2n) is 5.19. The minimum Gasteiger partial charge on any atom is -0.495 e. The number of nitrogens with one attached hydrogen (secondary N) is 2. The summed E-state index contributed by atoms with van der Waals surface area (Å²) in [5.74, 6) is 0.615. The quantitative estimate of drug-likeness (QED) is 0.710. The van der Waals surface area contributed by atoms with Crippen LogP contribution in [-0.4, -0.2) is 13.1 Å². The van der Waals surface area contributed by atoms with Gasteiger partial charge in [-0.15, -0.1) is 0 Å². The highest BCUT2D eigenvalue weighted by Gasteiger charge is 2.10. The van der Waals surface area contributed by atoms with E-state index >= 15 is 0 Å². The first-order valence-corrected chi connectivity index (χ1v) is 7.63. The Labute approximate surface area is 141 Å². The van der Waals surface area contributed by atoms with Crippen molar-refractivity contribution in [1.29, 1.82) is 0 Å². The number of benzene rings is 3. The summed E-state index contributed by atoms with van der Waals surface area (Å²) in [6.45, 7) is 0. The topological polar surface area (TPSA) is 50.4 Å². The van der Waals surface area contributed by atoms with Crippen LogP contribution in [0.5, 0.6) is 5.75 Å². The van der Waals surface area contributed by atoms with Crippen LogP contribution in [0.25, 0.3) is 11.1 Å². The van der Waals surface area contributed by atoms with Gasteiger partial charge >= 0.3 is 6.03 Å². The van der Waals surface area contributed by atoms with E-state index in [9.17, 15) is 4.79 Å². The van der Waals surface area contributed by atoms with Gasteiger partial charge in [0.25, 0.3) is 0 Å². The Morgan fingerprint density at radius 2 is 1.33 bits per heavy atom. The molecule has 0 radical (unpaired) electrons. The predicted molar refractivity (Wildman–Crippen MR) is 97.5 cm³/mol. The monoisotopic (exact) mass is 318 g/mol. The zero-order chi connectivity index (χ0) is 16.8. The molecular formula is C20H18N2O2. The van der Waals surface area contributed by atoms with Crippen LogP contribution < -0.4 is 15.4 Å². The van der Waals surface area contributed by atoms with Crippen LogP contribution in [0.4, 0.5) is 16.2 Å². The zero-order valence-electron chi connectivity index (χ0n) is 13.3. The number of anilines is 2. The molecule has 0 unspecified atom stereocenters. The molecule has 0 atom stereocenters. The van der Waals surface area contributed by atoms with E-state index in [1.54, 1.807) is 19.2 Å². The summed E-state index contributed by atoms with van der Waals surface area (Å²) >= 11 is 0. The van der Waals surface area contributed by atoms with E-state index in [2.05, 4.69) is 10.6 Å². The number of urea groups is 1. The molecule has 0 aliphatic heterocycles. The maximum Gasteiger partial charge on any atom is 0.323 e. The van der Waals surface area contributed by atoms with Crippen LogP contribution in [0.2, 0.25) is 0 Å². The van der Waals surface area contributed by atoms with Crippen LogP contribution in [0, 0.1) is 0 Å². The second kappa shape index (κ2) is 7.33. The Balaban J connectivity index is 1.80. The summed E-state index contributed by atoms with van der Waals surface area (Å²) in [7, 11) is 1.57. The third-order valence-electron chi connectivity index (χ3n) is 3.62. The van der Waals surface area contributed by atoms with Crippen LogP contribution in [0.15, 0.2) is 78.9 Å². The minimum absolute atomic E-state index is 0.317. The number of methoxy groups -OCH3 is 1. The molecule has 3 aromatic rings. The molecule has 0 spiro atoms. The molecule has 2 N–H and O–H groups in total. The molecule has 0 heterocycles. The summed E-state index contributed by atoms with van der Waals surface area (Å²) in [6.07, 6.45) is 0. The number of amides is 2. The molecule has 0 saturated carbocycles. The van der Waals surface area contributed by atoms with Gasteiger partial charge in [0, 0.05) is 5.56 Å². The first-order chi connectivity index (χ1) is 11.8. The molecule has 0 aliphatic rings. The molecule has 0 aliphatic carbocycles. The molecule has 3 aromatic carbocycles. The number of hydrogen-bond acceptors (Lipinski definition) is 2. The van der Waals surface area contributed by atoms with Gasteiger partial charge < -0.3 is 15.4 Å². The summed E-state index contributed by atoms with van der Waals surface area (Å²) in [5, 5.41) is 5.72. The maximum absolute atomic E-state index is 12.4. The molecular weight excluding hydrogens is 300 g/mol. The van der Waals surface area contributed by atoms with Gasteiger partial charge in [-0.25, -0.2) is 4.79 Å². The maximum atomic E-state index is 12.4. The van der Waals surface area contributed by atoms with E-state index in [0.29, 0.717) is 11.4 Å². The Bertz CT molecular complexity index is 832. The van der Waals surface area contributed by atoms with Crippen molar-refractivity contribution in [2.45, 2.75) is 0 Å². The van der Waals surface area contributed by atoms with Gasteiger partial charge in [-0.2, -0.15) is 0 Å². The summed E-state index contributed by atoms with van der Waals surface area (Å²) in [4.78, 5) is 12.4. The van der Waals surface area contributed by atoms with Crippen molar-refractivity contribution in [3.8, 4) is 16.9 Å². The molecule has 0 fully saturated rings. The first kappa shape index (κ1) is 15.6. The van der Waals surface area contributed by atoms with E-state index in [4.69, 9.17) is 4.74 Å². The van der Waals surface area contributed by atoms with E-state index in [-0.39, 0.29) is 6.03 Å². The lowest BCUT2D eigenvalue weighted by Crippen LogP contribution is -2.20. The smallest absolute Gasteiger partial charge is 0.323 e. The van der Waals surface area contributed by atoms with Crippen molar-refractivity contribution in [1.82, 2.24) is 0 Å². The Kier molecular flexibility index (Phi) is 4.77. The largest absolute Gasteiger partial charge is 0.495 e. The van der Waals surface area contributed by atoms with Crippen molar-refractivity contribution in [3.05, 3.63) is 78.9 Å². The van der Waals surface area contributed by atoms with Gasteiger partial charge in [0.2, 0.25) is 0 Å². The summed E-state index contributed by atoms with van der Waals surface area (Å²) in [6, 6.07) is 24.6. The summed E-state index contributed by atoms with van der Waals surface area (Å²) in [5.41, 5.74) is 3.38. The Morgan fingerprint density at radius 1 is 0.750 bits per heavy atom. The third kappa shape index (κ3) is 3.55. The van der Waals surface area contributed by atoms with Gasteiger partial charge in [0.1, 0.15) is 5.75 Å². The Hall–Kier alpha value is -3.27. The average Bonchev–Trinajstić information content (AvgIpc) is 2.63. The second-order valence-corrected chi connectivity index (χ2v) is 5.19. The van der Waals surface area contributed by atoms with Gasteiger partial charge in [-0.1, -0.05) is 60.7 Å². The molecule has 120 valence electrons. The third-order valence-corrected chi connectivity index (χ3v) is 3.62. The fourth-order valence-electron chi connectivity index (χ4n) is 2.49. The van der Waals surface area contributed by atoms with Gasteiger partial charge in [0.05, 0.1) is 18.5 Å². The number of para-hydroxylation sites is 3. The number of ether oxygens (including phenoxy) is 1. The lowest BCUT2D eigenvalue weighted by molar-refractivity contribution is 0.262. The normalized spacial score (nSPS) is 10.0. The van der Waals surface area contributed by atoms with Crippen LogP contribution >= 0.6 is 0 Å². The highest BCUT2D eigenvalue weighted by molar-refractivity contribution is 6.03. The number of rotatable bonds is 4. The standard InChI is InChI=1S/C20H18N2O2/c1-24-19-14-8-7-13-18(19)22-20(23)21-17-12-6-5-11-16(17)15-9-3-2-4-10-15/h2-14H,1H3,(H2,21,22,23). The Morgan fingerprint density at radius 3 is 2.08 bits per heavy atom. The molecule has 0 aromatic heterocycles. The number of hydrogen-bond donors (Lipinski definition) is 2. The highest BCUT2D eigenvalue weighted by Crippen LogP contribution is 2.28. The van der Waals surface area contributed by atoms with Crippen LogP contribution in [0.1, 0.15) is 0 Å². The summed E-state index contributed by atoms with van der Waals surface area (Å²) < 4.78 is 5.25. The SMILES string of the molecule is COc1ccccc1NC(=O)Nc1ccccc1-c1ccccc1. The molecule has 0 saturated heterocycles. The first-order valence-electron chi connectivity index (χ1n) is 7.63. The molecule has 4 heteroatoms. The highest BCUT2D eigenvalue weighted by atomic mass is 16.5. The van der Waals surface area contributed by atoms with Gasteiger partial charge in [-0.05, 0) is 23.8 Å². The average molecular weight is 318 g/mol.